The molecule has 0 aliphatic rings. The molecule has 0 radical (unpaired) electrons. The number of nitrogens with two attached hydrogens (primary N) is 1. The second-order valence-electron chi connectivity index (χ2n) is 7.67. The maximum atomic E-state index is 5.89. The van der Waals surface area contributed by atoms with Crippen molar-refractivity contribution >= 4 is 0 Å². The molecule has 126 valence electrons. The summed E-state index contributed by atoms with van der Waals surface area (Å²) in [7, 11) is 0. The van der Waals surface area contributed by atoms with Crippen molar-refractivity contribution in [2.45, 2.75) is 86.0 Å². The average Bonchev–Trinajstić information content (AvgIpc) is 2.43. The smallest absolute Gasteiger partial charge is 0.00457 e. The van der Waals surface area contributed by atoms with Crippen LogP contribution in [0.5, 0.6) is 0 Å². The minimum absolute atomic E-state index is 0.637. The Labute approximate surface area is 134 Å². The number of hydrogen-bond acceptors (Lipinski definition) is 1. The second-order valence-corrected chi connectivity index (χ2v) is 7.67. The third kappa shape index (κ3) is 11.0. The van der Waals surface area contributed by atoms with E-state index in [9.17, 15) is 0 Å². The molecule has 0 aliphatic heterocycles. The van der Waals surface area contributed by atoms with Crippen LogP contribution >= 0.6 is 0 Å². The highest BCUT2D eigenvalue weighted by Crippen LogP contribution is 2.25. The van der Waals surface area contributed by atoms with Gasteiger partial charge in [0.05, 0.1) is 0 Å². The first kappa shape index (κ1) is 20.7. The summed E-state index contributed by atoms with van der Waals surface area (Å²) in [6, 6.07) is 0. The van der Waals surface area contributed by atoms with E-state index < -0.39 is 0 Å². The van der Waals surface area contributed by atoms with Gasteiger partial charge in [-0.3, -0.25) is 0 Å². The van der Waals surface area contributed by atoms with Gasteiger partial charge in [0, 0.05) is 0 Å². The summed E-state index contributed by atoms with van der Waals surface area (Å²) in [5.74, 6) is 3.10. The summed E-state index contributed by atoms with van der Waals surface area (Å²) in [4.78, 5) is 0. The normalized spacial score (nSPS) is 16.0. The van der Waals surface area contributed by atoms with Crippen LogP contribution in [0, 0.1) is 23.7 Å². The van der Waals surface area contributed by atoms with Gasteiger partial charge in [-0.15, -0.1) is 0 Å². The summed E-state index contributed by atoms with van der Waals surface area (Å²) < 4.78 is 0. The standard InChI is InChI=1S/C20H41N/c1-7-8-11-18(5)19(6)12-9-10-17(4)14-20(15-21)13-16(2)3/h16,18-20H,4,7-15,21H2,1-3,5-6H3. The predicted octanol–water partition coefficient (Wildman–Crippen LogP) is 6.19. The van der Waals surface area contributed by atoms with E-state index in [-0.39, 0.29) is 0 Å². The van der Waals surface area contributed by atoms with Crippen LogP contribution in [0.2, 0.25) is 0 Å². The first-order valence-electron chi connectivity index (χ1n) is 9.27. The van der Waals surface area contributed by atoms with Crippen LogP contribution in [0.4, 0.5) is 0 Å². The van der Waals surface area contributed by atoms with E-state index in [0.717, 1.165) is 30.7 Å². The third-order valence-electron chi connectivity index (χ3n) is 4.89. The summed E-state index contributed by atoms with van der Waals surface area (Å²) in [6.45, 7) is 16.8. The van der Waals surface area contributed by atoms with Crippen LogP contribution in [0.15, 0.2) is 12.2 Å². The molecule has 0 bridgehead atoms. The zero-order valence-corrected chi connectivity index (χ0v) is 15.5. The lowest BCUT2D eigenvalue weighted by molar-refractivity contribution is 0.328. The van der Waals surface area contributed by atoms with Gasteiger partial charge in [0.2, 0.25) is 0 Å². The van der Waals surface area contributed by atoms with E-state index in [2.05, 4.69) is 41.2 Å². The summed E-state index contributed by atoms with van der Waals surface area (Å²) in [5, 5.41) is 0. The van der Waals surface area contributed by atoms with Gasteiger partial charge in [0.25, 0.3) is 0 Å². The number of unbranched alkanes of at least 4 members (excludes halogenated alkanes) is 1. The molecule has 1 heteroatoms. The van der Waals surface area contributed by atoms with Crippen molar-refractivity contribution in [2.24, 2.45) is 29.4 Å². The third-order valence-corrected chi connectivity index (χ3v) is 4.89. The SMILES string of the molecule is C=C(CCCC(C)C(C)CCCC)CC(CN)CC(C)C. The highest BCUT2D eigenvalue weighted by Gasteiger charge is 2.13. The Morgan fingerprint density at radius 1 is 1.00 bits per heavy atom. The quantitative estimate of drug-likeness (QED) is 0.403. The second kappa shape index (κ2) is 12.3. The zero-order chi connectivity index (χ0) is 16.3. The molecule has 0 saturated carbocycles. The summed E-state index contributed by atoms with van der Waals surface area (Å²) in [6.07, 6.45) is 10.3. The van der Waals surface area contributed by atoms with Crippen LogP contribution in [0.1, 0.15) is 86.0 Å². The Kier molecular flexibility index (Phi) is 12.1. The van der Waals surface area contributed by atoms with Gasteiger partial charge in [-0.05, 0) is 55.9 Å². The van der Waals surface area contributed by atoms with Gasteiger partial charge in [0.15, 0.2) is 0 Å². The molecule has 2 N–H and O–H groups in total. The van der Waals surface area contributed by atoms with Crippen molar-refractivity contribution in [1.29, 1.82) is 0 Å². The largest absolute Gasteiger partial charge is 0.330 e. The monoisotopic (exact) mass is 295 g/mol. The molecular formula is C20H41N. The van der Waals surface area contributed by atoms with E-state index in [1.807, 2.05) is 0 Å². The number of rotatable bonds is 13. The molecule has 0 rings (SSSR count). The first-order valence-corrected chi connectivity index (χ1v) is 9.27. The molecule has 0 fully saturated rings. The maximum Gasteiger partial charge on any atom is -0.00457 e. The van der Waals surface area contributed by atoms with Crippen LogP contribution in [-0.2, 0) is 0 Å². The average molecular weight is 296 g/mol. The topological polar surface area (TPSA) is 26.0 Å². The van der Waals surface area contributed by atoms with Crippen LogP contribution in [0.3, 0.4) is 0 Å². The molecule has 3 unspecified atom stereocenters. The summed E-state index contributed by atoms with van der Waals surface area (Å²) >= 11 is 0. The Hall–Kier alpha value is -0.300. The predicted molar refractivity (Wildman–Crippen MR) is 97.5 cm³/mol. The Morgan fingerprint density at radius 3 is 2.05 bits per heavy atom. The molecule has 0 aromatic rings. The molecule has 0 spiro atoms. The number of hydrogen-bond donors (Lipinski definition) is 1. The molecule has 3 atom stereocenters. The van der Waals surface area contributed by atoms with Crippen LogP contribution in [0.25, 0.3) is 0 Å². The lowest BCUT2D eigenvalue weighted by Gasteiger charge is -2.21. The van der Waals surface area contributed by atoms with Gasteiger partial charge in [-0.25, -0.2) is 0 Å². The fraction of sp³-hybridized carbons (Fsp3) is 0.900. The highest BCUT2D eigenvalue weighted by atomic mass is 14.5. The Morgan fingerprint density at radius 2 is 1.57 bits per heavy atom. The zero-order valence-electron chi connectivity index (χ0n) is 15.5. The van der Waals surface area contributed by atoms with Gasteiger partial charge >= 0.3 is 0 Å². The van der Waals surface area contributed by atoms with Crippen molar-refractivity contribution in [3.8, 4) is 0 Å². The minimum atomic E-state index is 0.637. The van der Waals surface area contributed by atoms with Gasteiger partial charge in [-0.2, -0.15) is 0 Å². The molecule has 1 nitrogen and oxygen atoms in total. The van der Waals surface area contributed by atoms with E-state index >= 15 is 0 Å². The van der Waals surface area contributed by atoms with E-state index in [0.29, 0.717) is 5.92 Å². The van der Waals surface area contributed by atoms with E-state index in [1.165, 1.54) is 50.5 Å². The van der Waals surface area contributed by atoms with E-state index in [1.54, 1.807) is 0 Å². The summed E-state index contributed by atoms with van der Waals surface area (Å²) in [5.41, 5.74) is 7.31. The fourth-order valence-corrected chi connectivity index (χ4v) is 3.21. The molecule has 21 heavy (non-hydrogen) atoms. The van der Waals surface area contributed by atoms with Gasteiger partial charge in [0.1, 0.15) is 0 Å². The van der Waals surface area contributed by atoms with Crippen molar-refractivity contribution in [3.63, 3.8) is 0 Å². The fourth-order valence-electron chi connectivity index (χ4n) is 3.21. The lowest BCUT2D eigenvalue weighted by atomic mass is 9.85. The maximum absolute atomic E-state index is 5.89. The van der Waals surface area contributed by atoms with Crippen LogP contribution < -0.4 is 5.73 Å². The lowest BCUT2D eigenvalue weighted by Crippen LogP contribution is -2.17. The van der Waals surface area contributed by atoms with Crippen molar-refractivity contribution in [2.75, 3.05) is 6.54 Å². The van der Waals surface area contributed by atoms with Crippen molar-refractivity contribution in [3.05, 3.63) is 12.2 Å². The molecule has 0 aromatic heterocycles. The molecule has 0 aromatic carbocycles. The van der Waals surface area contributed by atoms with Crippen molar-refractivity contribution in [1.82, 2.24) is 0 Å². The molecule has 0 amide bonds. The Bertz CT molecular complexity index is 257. The number of allylic oxidation sites excluding steroid dienone is 1. The Balaban J connectivity index is 3.87. The minimum Gasteiger partial charge on any atom is -0.330 e. The van der Waals surface area contributed by atoms with E-state index in [4.69, 9.17) is 5.73 Å². The van der Waals surface area contributed by atoms with Crippen LogP contribution in [-0.4, -0.2) is 6.54 Å². The molecular weight excluding hydrogens is 254 g/mol. The highest BCUT2D eigenvalue weighted by molar-refractivity contribution is 4.96. The molecule has 0 aliphatic carbocycles. The molecule has 0 saturated heterocycles. The van der Waals surface area contributed by atoms with Gasteiger partial charge < -0.3 is 5.73 Å². The van der Waals surface area contributed by atoms with Crippen molar-refractivity contribution < 1.29 is 0 Å². The van der Waals surface area contributed by atoms with Gasteiger partial charge in [-0.1, -0.05) is 72.5 Å². The first-order chi connectivity index (χ1) is 9.90. The molecule has 0 heterocycles.